The molecule has 0 aliphatic carbocycles. The summed E-state index contributed by atoms with van der Waals surface area (Å²) in [6.45, 7) is 9.23. The predicted octanol–water partition coefficient (Wildman–Crippen LogP) is 3.38. The molecule has 0 aliphatic rings. The van der Waals surface area contributed by atoms with E-state index in [0.29, 0.717) is 11.3 Å². The lowest BCUT2D eigenvalue weighted by atomic mass is 9.85. The average Bonchev–Trinajstić information content (AvgIpc) is 2.67. The lowest BCUT2D eigenvalue weighted by Crippen LogP contribution is -2.56. The summed E-state index contributed by atoms with van der Waals surface area (Å²) >= 11 is 7.06. The van der Waals surface area contributed by atoms with Crippen LogP contribution < -0.4 is 16.1 Å². The molecular weight excluding hydrogens is 445 g/mol. The molecule has 0 fully saturated rings. The normalized spacial score (nSPS) is 14.5. The topological polar surface area (TPSA) is 108 Å². The smallest absolute Gasteiger partial charge is 0.257 e. The van der Waals surface area contributed by atoms with E-state index in [1.807, 2.05) is 34.6 Å². The second-order valence-corrected chi connectivity index (χ2v) is 10.3. The quantitative estimate of drug-likeness (QED) is 0.249. The Kier molecular flexibility index (Phi) is 10.3. The van der Waals surface area contributed by atoms with Gasteiger partial charge in [0.05, 0.1) is 10.9 Å². The maximum atomic E-state index is 13.4. The van der Waals surface area contributed by atoms with Crippen molar-refractivity contribution in [2.45, 2.75) is 57.2 Å². The van der Waals surface area contributed by atoms with E-state index >= 15 is 0 Å². The molecule has 4 N–H and O–H groups in total. The molecule has 0 heterocycles. The molecule has 10 heteroatoms. The first kappa shape index (κ1) is 27.2. The summed E-state index contributed by atoms with van der Waals surface area (Å²) in [4.78, 5) is 38.6. The number of carbonyl (C=O) groups excluding carboxylic acids is 3. The lowest BCUT2D eigenvalue weighted by Gasteiger charge is -2.33. The van der Waals surface area contributed by atoms with Gasteiger partial charge in [-0.3, -0.25) is 19.6 Å². The Bertz CT molecular complexity index is 801. The van der Waals surface area contributed by atoms with E-state index in [9.17, 15) is 24.0 Å². The van der Waals surface area contributed by atoms with Gasteiger partial charge in [-0.05, 0) is 36.0 Å². The Morgan fingerprint density at radius 2 is 1.77 bits per heavy atom. The van der Waals surface area contributed by atoms with Gasteiger partial charge in [0.25, 0.3) is 5.91 Å². The molecule has 0 aliphatic heterocycles. The van der Waals surface area contributed by atoms with E-state index in [-0.39, 0.29) is 16.8 Å². The number of benzene rings is 1. The highest BCUT2D eigenvalue weighted by molar-refractivity contribution is 8.00. The summed E-state index contributed by atoms with van der Waals surface area (Å²) in [6.07, 6.45) is 0.306. The minimum Gasteiger partial charge on any atom is -0.357 e. The fourth-order valence-corrected chi connectivity index (χ4v) is 4.49. The van der Waals surface area contributed by atoms with Crippen molar-refractivity contribution in [2.24, 2.45) is 17.3 Å². The molecule has 31 heavy (non-hydrogen) atoms. The molecule has 1 aromatic rings. The Morgan fingerprint density at radius 1 is 1.16 bits per heavy atom. The number of thioether (sulfide) groups is 1. The van der Waals surface area contributed by atoms with Crippen molar-refractivity contribution in [1.29, 1.82) is 0 Å². The zero-order valence-corrected chi connectivity index (χ0v) is 20.2. The zero-order valence-electron chi connectivity index (χ0n) is 18.6. The molecule has 0 radical (unpaired) electrons. The first-order chi connectivity index (χ1) is 14.3. The minimum atomic E-state index is -1.07. The number of likely N-dealkylation sites (N-methyl/N-ethyl adjacent to an activating group) is 1. The van der Waals surface area contributed by atoms with Crippen molar-refractivity contribution in [1.82, 2.24) is 16.1 Å². The zero-order chi connectivity index (χ0) is 23.9. The molecule has 0 spiro atoms. The molecule has 1 rings (SSSR count). The molecule has 0 saturated heterocycles. The fraction of sp³-hybridized carbons (Fsp3) is 0.571. The molecule has 0 unspecified atom stereocenters. The molecule has 0 aromatic heterocycles. The van der Waals surface area contributed by atoms with Crippen LogP contribution in [-0.4, -0.2) is 41.3 Å². The standard InChI is InChI=1S/C21H31ClFN3O4S/c1-11(2)9-13(18(27)25-17(20(29)24-6)21(3,4)5)16(19(28)26-30)31-15-8-7-12(23)10-14(15)22/h7-8,10-11,13,16-17,30H,9H2,1-6H3,(H,24,29)(H,25,27)(H,26,28)/t13-,16+,17-/m1/s1. The largest absolute Gasteiger partial charge is 0.357 e. The molecule has 3 atom stereocenters. The second kappa shape index (κ2) is 11.7. The Labute approximate surface area is 191 Å². The van der Waals surface area contributed by atoms with Crippen molar-refractivity contribution < 1.29 is 24.0 Å². The lowest BCUT2D eigenvalue weighted by molar-refractivity contribution is -0.137. The van der Waals surface area contributed by atoms with Gasteiger partial charge in [-0.25, -0.2) is 9.87 Å². The molecule has 0 bridgehead atoms. The van der Waals surface area contributed by atoms with Crippen LogP contribution in [0.1, 0.15) is 41.0 Å². The van der Waals surface area contributed by atoms with Gasteiger partial charge < -0.3 is 10.6 Å². The predicted molar refractivity (Wildman–Crippen MR) is 119 cm³/mol. The Morgan fingerprint density at radius 3 is 2.23 bits per heavy atom. The van der Waals surface area contributed by atoms with Crippen molar-refractivity contribution in [3.63, 3.8) is 0 Å². The number of hydrogen-bond donors (Lipinski definition) is 4. The fourth-order valence-electron chi connectivity index (χ4n) is 3.03. The third-order valence-electron chi connectivity index (χ3n) is 4.61. The van der Waals surface area contributed by atoms with Crippen LogP contribution >= 0.6 is 23.4 Å². The van der Waals surface area contributed by atoms with E-state index in [1.54, 1.807) is 5.48 Å². The van der Waals surface area contributed by atoms with Crippen LogP contribution in [0.4, 0.5) is 4.39 Å². The van der Waals surface area contributed by atoms with Gasteiger partial charge in [0.2, 0.25) is 11.8 Å². The Hall–Kier alpha value is -1.84. The van der Waals surface area contributed by atoms with Crippen molar-refractivity contribution in [3.8, 4) is 0 Å². The number of nitrogens with one attached hydrogen (secondary N) is 3. The molecule has 7 nitrogen and oxygen atoms in total. The number of hydroxylamine groups is 1. The first-order valence-electron chi connectivity index (χ1n) is 9.89. The molecule has 3 amide bonds. The molecule has 1 aromatic carbocycles. The summed E-state index contributed by atoms with van der Waals surface area (Å²) in [6, 6.07) is 2.88. The monoisotopic (exact) mass is 475 g/mol. The molecular formula is C21H31ClFN3O4S. The third kappa shape index (κ3) is 7.97. The van der Waals surface area contributed by atoms with Gasteiger partial charge in [-0.1, -0.05) is 46.2 Å². The molecule has 174 valence electrons. The molecule has 0 saturated carbocycles. The van der Waals surface area contributed by atoms with Crippen LogP contribution in [0.25, 0.3) is 0 Å². The second-order valence-electron chi connectivity index (χ2n) is 8.75. The Balaban J connectivity index is 3.32. The van der Waals surface area contributed by atoms with Crippen LogP contribution in [0.5, 0.6) is 0 Å². The average molecular weight is 476 g/mol. The van der Waals surface area contributed by atoms with Crippen LogP contribution in [0.15, 0.2) is 23.1 Å². The van der Waals surface area contributed by atoms with Crippen LogP contribution in [0, 0.1) is 23.1 Å². The summed E-state index contributed by atoms with van der Waals surface area (Å²) < 4.78 is 13.4. The van der Waals surface area contributed by atoms with Crippen molar-refractivity contribution in [2.75, 3.05) is 7.05 Å². The number of halogens is 2. The van der Waals surface area contributed by atoms with Crippen molar-refractivity contribution in [3.05, 3.63) is 29.0 Å². The summed E-state index contributed by atoms with van der Waals surface area (Å²) in [5, 5.41) is 13.6. The first-order valence-corrected chi connectivity index (χ1v) is 11.1. The highest BCUT2D eigenvalue weighted by atomic mass is 35.5. The maximum Gasteiger partial charge on any atom is 0.257 e. The third-order valence-corrected chi connectivity index (χ3v) is 6.44. The van der Waals surface area contributed by atoms with Gasteiger partial charge >= 0.3 is 0 Å². The van der Waals surface area contributed by atoms with E-state index in [2.05, 4.69) is 10.6 Å². The van der Waals surface area contributed by atoms with E-state index < -0.39 is 40.3 Å². The highest BCUT2D eigenvalue weighted by Crippen LogP contribution is 2.36. The SMILES string of the molecule is CNC(=O)[C@@H](NC(=O)[C@H](CC(C)C)[C@H](Sc1ccc(F)cc1Cl)C(=O)NO)C(C)(C)C. The maximum absolute atomic E-state index is 13.4. The minimum absolute atomic E-state index is 0.0297. The van der Waals surface area contributed by atoms with Gasteiger partial charge in [0.15, 0.2) is 0 Å². The number of amides is 3. The van der Waals surface area contributed by atoms with E-state index in [4.69, 9.17) is 11.6 Å². The highest BCUT2D eigenvalue weighted by Gasteiger charge is 2.39. The van der Waals surface area contributed by atoms with Crippen LogP contribution in [-0.2, 0) is 14.4 Å². The van der Waals surface area contributed by atoms with Gasteiger partial charge in [0, 0.05) is 11.9 Å². The number of carbonyl (C=O) groups is 3. The van der Waals surface area contributed by atoms with Crippen molar-refractivity contribution >= 4 is 41.1 Å². The van der Waals surface area contributed by atoms with Crippen LogP contribution in [0.3, 0.4) is 0 Å². The van der Waals surface area contributed by atoms with Gasteiger partial charge in [-0.15, -0.1) is 11.8 Å². The van der Waals surface area contributed by atoms with Crippen LogP contribution in [0.2, 0.25) is 5.02 Å². The summed E-state index contributed by atoms with van der Waals surface area (Å²) in [5.41, 5.74) is 1.02. The van der Waals surface area contributed by atoms with Gasteiger partial charge in [0.1, 0.15) is 17.1 Å². The summed E-state index contributed by atoms with van der Waals surface area (Å²) in [5.74, 6) is -3.06. The number of hydrogen-bond acceptors (Lipinski definition) is 5. The number of rotatable bonds is 9. The van der Waals surface area contributed by atoms with E-state index in [0.717, 1.165) is 17.8 Å². The van der Waals surface area contributed by atoms with E-state index in [1.165, 1.54) is 19.2 Å². The summed E-state index contributed by atoms with van der Waals surface area (Å²) in [7, 11) is 1.48. The van der Waals surface area contributed by atoms with Gasteiger partial charge in [-0.2, -0.15) is 0 Å².